The summed E-state index contributed by atoms with van der Waals surface area (Å²) in [6, 6.07) is 5.12. The number of aliphatic carboxylic acids is 1. The van der Waals surface area contributed by atoms with Crippen LogP contribution in [0.15, 0.2) is 22.7 Å². The van der Waals surface area contributed by atoms with Crippen LogP contribution in [0.3, 0.4) is 0 Å². The molecular weight excluding hydrogens is 324 g/mol. The summed E-state index contributed by atoms with van der Waals surface area (Å²) in [6.45, 7) is 2.73. The highest BCUT2D eigenvalue weighted by Crippen LogP contribution is 2.23. The lowest BCUT2D eigenvalue weighted by molar-refractivity contribution is -0.142. The van der Waals surface area contributed by atoms with E-state index in [4.69, 9.17) is 5.11 Å². The molecule has 0 saturated carbocycles. The number of benzene rings is 1. The SMILES string of the molecule is Cc1ccc(NC(=O)CN2CCC[C@@H]2C(=O)O)c(Br)c1. The highest BCUT2D eigenvalue weighted by atomic mass is 79.9. The summed E-state index contributed by atoms with van der Waals surface area (Å²) in [4.78, 5) is 24.8. The first-order valence-electron chi connectivity index (χ1n) is 6.50. The van der Waals surface area contributed by atoms with Crippen molar-refractivity contribution in [3.63, 3.8) is 0 Å². The van der Waals surface area contributed by atoms with Gasteiger partial charge in [0.2, 0.25) is 5.91 Å². The number of halogens is 1. The van der Waals surface area contributed by atoms with Crippen molar-refractivity contribution in [2.75, 3.05) is 18.4 Å². The van der Waals surface area contributed by atoms with Crippen LogP contribution in [-0.4, -0.2) is 41.0 Å². The monoisotopic (exact) mass is 340 g/mol. The van der Waals surface area contributed by atoms with Crippen LogP contribution in [0.4, 0.5) is 5.69 Å². The van der Waals surface area contributed by atoms with Crippen LogP contribution in [-0.2, 0) is 9.59 Å². The second-order valence-corrected chi connectivity index (χ2v) is 5.85. The number of nitrogens with zero attached hydrogens (tertiary/aromatic N) is 1. The summed E-state index contributed by atoms with van der Waals surface area (Å²) in [7, 11) is 0. The predicted octanol–water partition coefficient (Wildman–Crippen LogP) is 2.25. The molecule has 1 heterocycles. The second-order valence-electron chi connectivity index (χ2n) is 5.00. The molecular formula is C14H17BrN2O3. The Morgan fingerprint density at radius 1 is 1.50 bits per heavy atom. The van der Waals surface area contributed by atoms with Crippen LogP contribution in [0.5, 0.6) is 0 Å². The van der Waals surface area contributed by atoms with E-state index >= 15 is 0 Å². The predicted molar refractivity (Wildman–Crippen MR) is 79.7 cm³/mol. The normalized spacial score (nSPS) is 19.0. The fraction of sp³-hybridized carbons (Fsp3) is 0.429. The van der Waals surface area contributed by atoms with Crippen LogP contribution in [0.25, 0.3) is 0 Å². The summed E-state index contributed by atoms with van der Waals surface area (Å²) in [5.41, 5.74) is 1.80. The van der Waals surface area contributed by atoms with Gasteiger partial charge >= 0.3 is 5.97 Å². The molecule has 108 valence electrons. The molecule has 0 aromatic heterocycles. The molecule has 1 aromatic carbocycles. The molecule has 1 atom stereocenters. The molecule has 0 aliphatic carbocycles. The van der Waals surface area contributed by atoms with Gasteiger partial charge in [-0.15, -0.1) is 0 Å². The van der Waals surface area contributed by atoms with E-state index < -0.39 is 12.0 Å². The number of rotatable bonds is 4. The van der Waals surface area contributed by atoms with E-state index in [1.54, 1.807) is 4.90 Å². The Hall–Kier alpha value is -1.40. The lowest BCUT2D eigenvalue weighted by Gasteiger charge is -2.20. The highest BCUT2D eigenvalue weighted by Gasteiger charge is 2.31. The van der Waals surface area contributed by atoms with Crippen molar-refractivity contribution in [3.8, 4) is 0 Å². The first kappa shape index (κ1) is 15.0. The Morgan fingerprint density at radius 3 is 2.90 bits per heavy atom. The minimum atomic E-state index is -0.855. The van der Waals surface area contributed by atoms with Crippen molar-refractivity contribution < 1.29 is 14.7 Å². The molecule has 0 spiro atoms. The molecule has 1 saturated heterocycles. The fourth-order valence-corrected chi connectivity index (χ4v) is 2.98. The topological polar surface area (TPSA) is 69.6 Å². The fourth-order valence-electron chi connectivity index (χ4n) is 2.39. The first-order valence-corrected chi connectivity index (χ1v) is 7.29. The quantitative estimate of drug-likeness (QED) is 0.881. The number of aryl methyl sites for hydroxylation is 1. The molecule has 6 heteroatoms. The van der Waals surface area contributed by atoms with Crippen LogP contribution in [0.1, 0.15) is 18.4 Å². The lowest BCUT2D eigenvalue weighted by atomic mass is 10.2. The summed E-state index contributed by atoms with van der Waals surface area (Å²) in [6.07, 6.45) is 1.43. The molecule has 0 radical (unpaired) electrons. The highest BCUT2D eigenvalue weighted by molar-refractivity contribution is 9.10. The molecule has 20 heavy (non-hydrogen) atoms. The molecule has 0 bridgehead atoms. The summed E-state index contributed by atoms with van der Waals surface area (Å²) < 4.78 is 0.821. The Balaban J connectivity index is 1.97. The zero-order chi connectivity index (χ0) is 14.7. The van der Waals surface area contributed by atoms with Crippen LogP contribution < -0.4 is 5.32 Å². The molecule has 1 aromatic rings. The maximum atomic E-state index is 12.0. The zero-order valence-corrected chi connectivity index (χ0v) is 12.8. The maximum Gasteiger partial charge on any atom is 0.320 e. The summed E-state index contributed by atoms with van der Waals surface area (Å²) in [5.74, 6) is -1.05. The van der Waals surface area contributed by atoms with E-state index in [2.05, 4.69) is 21.2 Å². The Kier molecular flexibility index (Phi) is 4.77. The van der Waals surface area contributed by atoms with Gasteiger partial charge in [-0.1, -0.05) is 6.07 Å². The van der Waals surface area contributed by atoms with Gasteiger partial charge in [0.05, 0.1) is 12.2 Å². The van der Waals surface area contributed by atoms with Gasteiger partial charge < -0.3 is 10.4 Å². The Morgan fingerprint density at radius 2 is 2.25 bits per heavy atom. The van der Waals surface area contributed by atoms with Crippen molar-refractivity contribution >= 4 is 33.5 Å². The standard InChI is InChI=1S/C14H17BrN2O3/c1-9-4-5-11(10(15)7-9)16-13(18)8-17-6-2-3-12(17)14(19)20/h4-5,7,12H,2-3,6,8H2,1H3,(H,16,18)(H,19,20)/t12-/m1/s1. The third-order valence-electron chi connectivity index (χ3n) is 3.39. The van der Waals surface area contributed by atoms with Crippen molar-refractivity contribution in [2.24, 2.45) is 0 Å². The summed E-state index contributed by atoms with van der Waals surface area (Å²) in [5, 5.41) is 11.9. The average Bonchev–Trinajstić information content (AvgIpc) is 2.81. The smallest absolute Gasteiger partial charge is 0.320 e. The van der Waals surface area contributed by atoms with Gasteiger partial charge in [-0.3, -0.25) is 14.5 Å². The van der Waals surface area contributed by atoms with Crippen LogP contribution in [0.2, 0.25) is 0 Å². The minimum absolute atomic E-state index is 0.108. The van der Waals surface area contributed by atoms with Gasteiger partial charge in [0.15, 0.2) is 0 Å². The third kappa shape index (κ3) is 3.58. The van der Waals surface area contributed by atoms with Gasteiger partial charge in [0.25, 0.3) is 0 Å². The number of anilines is 1. The molecule has 2 N–H and O–H groups in total. The number of hydrogen-bond donors (Lipinski definition) is 2. The van der Waals surface area contributed by atoms with Crippen molar-refractivity contribution in [2.45, 2.75) is 25.8 Å². The third-order valence-corrected chi connectivity index (χ3v) is 4.05. The average molecular weight is 341 g/mol. The lowest BCUT2D eigenvalue weighted by Crippen LogP contribution is -2.40. The summed E-state index contributed by atoms with van der Waals surface area (Å²) >= 11 is 3.40. The van der Waals surface area contributed by atoms with E-state index in [9.17, 15) is 9.59 Å². The van der Waals surface area contributed by atoms with E-state index in [1.165, 1.54) is 0 Å². The van der Waals surface area contributed by atoms with Crippen molar-refractivity contribution in [1.29, 1.82) is 0 Å². The molecule has 2 rings (SSSR count). The van der Waals surface area contributed by atoms with Gasteiger partial charge in [0, 0.05) is 4.47 Å². The number of amides is 1. The number of carboxylic acids is 1. The van der Waals surface area contributed by atoms with Gasteiger partial charge in [-0.2, -0.15) is 0 Å². The number of hydrogen-bond acceptors (Lipinski definition) is 3. The number of nitrogens with one attached hydrogen (secondary N) is 1. The van der Waals surface area contributed by atoms with Crippen molar-refractivity contribution in [1.82, 2.24) is 4.90 Å². The molecule has 1 aliphatic heterocycles. The van der Waals surface area contributed by atoms with Crippen molar-refractivity contribution in [3.05, 3.63) is 28.2 Å². The number of likely N-dealkylation sites (tertiary alicyclic amines) is 1. The molecule has 0 unspecified atom stereocenters. The van der Waals surface area contributed by atoms with Gasteiger partial charge in [-0.05, 0) is 59.9 Å². The van der Waals surface area contributed by atoms with E-state index in [-0.39, 0.29) is 12.5 Å². The van der Waals surface area contributed by atoms with Gasteiger partial charge in [0.1, 0.15) is 6.04 Å². The van der Waals surface area contributed by atoms with Crippen LogP contribution >= 0.6 is 15.9 Å². The Labute approximate surface area is 126 Å². The molecule has 1 aliphatic rings. The molecule has 5 nitrogen and oxygen atoms in total. The van der Waals surface area contributed by atoms with E-state index in [1.807, 2.05) is 25.1 Å². The molecule has 1 amide bonds. The van der Waals surface area contributed by atoms with E-state index in [0.717, 1.165) is 16.5 Å². The Bertz CT molecular complexity index is 533. The maximum absolute atomic E-state index is 12.0. The van der Waals surface area contributed by atoms with Crippen LogP contribution in [0, 0.1) is 6.92 Å². The minimum Gasteiger partial charge on any atom is -0.480 e. The van der Waals surface area contributed by atoms with E-state index in [0.29, 0.717) is 18.7 Å². The number of carbonyl (C=O) groups is 2. The number of carbonyl (C=O) groups excluding carboxylic acids is 1. The second kappa shape index (κ2) is 6.37. The number of carboxylic acid groups (broad SMARTS) is 1. The largest absolute Gasteiger partial charge is 0.480 e. The first-order chi connectivity index (χ1) is 9.47. The zero-order valence-electron chi connectivity index (χ0n) is 11.2. The molecule has 1 fully saturated rings. The van der Waals surface area contributed by atoms with Gasteiger partial charge in [-0.25, -0.2) is 0 Å².